The van der Waals surface area contributed by atoms with Gasteiger partial charge >= 0.3 is 9.15 Å². The van der Waals surface area contributed by atoms with Crippen LogP contribution in [0.1, 0.15) is 6.92 Å². The molecule has 0 aliphatic carbocycles. The average Bonchev–Trinajstić information content (AvgIpc) is 2.18. The van der Waals surface area contributed by atoms with Gasteiger partial charge in [0.15, 0.2) is 0 Å². The van der Waals surface area contributed by atoms with Gasteiger partial charge in [0.2, 0.25) is 0 Å². The molecule has 0 spiro atoms. The molecule has 0 heterocycles. The van der Waals surface area contributed by atoms with Gasteiger partial charge in [-0.25, -0.2) is 0 Å². The van der Waals surface area contributed by atoms with Crippen LogP contribution in [0.4, 0.5) is 11.4 Å². The maximum Gasteiger partial charge on any atom is 0.324 e. The fraction of sp³-hybridized carbons (Fsp3) is 0.333. The number of benzene rings is 1. The minimum Gasteiger partial charge on any atom is -0.398 e. The minimum atomic E-state index is -4.13. The molecule has 1 rings (SSSR count). The second kappa shape index (κ2) is 4.94. The van der Waals surface area contributed by atoms with Crippen molar-refractivity contribution >= 4 is 31.3 Å². The molecule has 0 aliphatic heterocycles. The molecule has 0 fully saturated rings. The second-order valence-electron chi connectivity index (χ2n) is 3.25. The summed E-state index contributed by atoms with van der Waals surface area (Å²) in [4.78, 5) is 2.27. The van der Waals surface area contributed by atoms with Crippen LogP contribution >= 0.6 is 10.8 Å². The van der Waals surface area contributed by atoms with Crippen molar-refractivity contribution in [1.29, 1.82) is 0 Å². The van der Waals surface area contributed by atoms with Gasteiger partial charge in [-0.05, 0) is 25.1 Å². The van der Waals surface area contributed by atoms with E-state index in [-0.39, 0.29) is 0 Å². The summed E-state index contributed by atoms with van der Waals surface area (Å²) in [6.45, 7) is 2.77. The van der Waals surface area contributed by atoms with Crippen LogP contribution in [-0.2, 0) is 9.15 Å². The highest BCUT2D eigenvalue weighted by molar-refractivity contribution is 8.70. The SMILES string of the molecule is CCN(C)c1ccc(N)c(SS(=O)(=O)O)c1. The zero-order valence-electron chi connectivity index (χ0n) is 9.04. The van der Waals surface area contributed by atoms with E-state index >= 15 is 0 Å². The van der Waals surface area contributed by atoms with Gasteiger partial charge in [-0.1, -0.05) is 0 Å². The summed E-state index contributed by atoms with van der Waals surface area (Å²) in [6, 6.07) is 5.05. The minimum absolute atomic E-state index is 0.330. The zero-order valence-corrected chi connectivity index (χ0v) is 10.7. The molecule has 16 heavy (non-hydrogen) atoms. The molecule has 0 saturated heterocycles. The van der Waals surface area contributed by atoms with Gasteiger partial charge in [0.1, 0.15) is 0 Å². The van der Waals surface area contributed by atoms with E-state index in [1.807, 2.05) is 18.9 Å². The molecule has 0 aliphatic rings. The van der Waals surface area contributed by atoms with Crippen LogP contribution in [0.2, 0.25) is 0 Å². The monoisotopic (exact) mass is 262 g/mol. The van der Waals surface area contributed by atoms with E-state index < -0.39 is 9.15 Å². The van der Waals surface area contributed by atoms with E-state index in [2.05, 4.69) is 0 Å². The quantitative estimate of drug-likeness (QED) is 0.487. The Morgan fingerprint density at radius 2 is 2.12 bits per heavy atom. The van der Waals surface area contributed by atoms with Gasteiger partial charge in [-0.3, -0.25) is 4.55 Å². The highest BCUT2D eigenvalue weighted by Crippen LogP contribution is 2.32. The lowest BCUT2D eigenvalue weighted by Crippen LogP contribution is -2.15. The fourth-order valence-electron chi connectivity index (χ4n) is 1.13. The summed E-state index contributed by atoms with van der Waals surface area (Å²) in [5.41, 5.74) is 6.80. The molecule has 0 amide bonds. The van der Waals surface area contributed by atoms with Gasteiger partial charge in [-0.2, -0.15) is 8.42 Å². The van der Waals surface area contributed by atoms with E-state index in [1.54, 1.807) is 18.2 Å². The summed E-state index contributed by atoms with van der Waals surface area (Å²) >= 11 is 0. The molecule has 0 aromatic heterocycles. The van der Waals surface area contributed by atoms with Crippen molar-refractivity contribution in [2.75, 3.05) is 24.2 Å². The normalized spacial score (nSPS) is 11.4. The van der Waals surface area contributed by atoms with Crippen LogP contribution in [0.5, 0.6) is 0 Å². The second-order valence-corrected chi connectivity index (χ2v) is 6.47. The predicted molar refractivity (Wildman–Crippen MR) is 67.2 cm³/mol. The number of hydrogen-bond donors (Lipinski definition) is 2. The van der Waals surface area contributed by atoms with E-state index in [9.17, 15) is 8.42 Å². The first-order chi connectivity index (χ1) is 7.33. The number of hydrogen-bond acceptors (Lipinski definition) is 5. The number of nitrogen functional groups attached to an aromatic ring is 1. The third-order valence-electron chi connectivity index (χ3n) is 2.11. The first kappa shape index (κ1) is 13.1. The van der Waals surface area contributed by atoms with Crippen LogP contribution < -0.4 is 10.6 Å². The van der Waals surface area contributed by atoms with Crippen molar-refractivity contribution in [2.45, 2.75) is 11.8 Å². The third kappa shape index (κ3) is 3.58. The molecule has 90 valence electrons. The Kier molecular flexibility index (Phi) is 4.06. The number of rotatable bonds is 4. The molecule has 1 aromatic carbocycles. The van der Waals surface area contributed by atoms with Crippen LogP contribution in [0, 0.1) is 0 Å². The summed E-state index contributed by atoms with van der Waals surface area (Å²) in [5.74, 6) is 0. The molecular weight excluding hydrogens is 248 g/mol. The van der Waals surface area contributed by atoms with E-state index in [4.69, 9.17) is 10.3 Å². The first-order valence-corrected chi connectivity index (χ1v) is 7.38. The molecule has 1 aromatic rings. The Balaban J connectivity index is 3.09. The van der Waals surface area contributed by atoms with E-state index in [0.717, 1.165) is 12.2 Å². The molecule has 0 atom stereocenters. The summed E-state index contributed by atoms with van der Waals surface area (Å²) in [7, 11) is -1.90. The maximum absolute atomic E-state index is 10.8. The Morgan fingerprint density at radius 1 is 1.50 bits per heavy atom. The maximum atomic E-state index is 10.8. The van der Waals surface area contributed by atoms with Crippen molar-refractivity contribution in [1.82, 2.24) is 0 Å². The van der Waals surface area contributed by atoms with E-state index in [1.165, 1.54) is 0 Å². The van der Waals surface area contributed by atoms with Crippen LogP contribution in [0.25, 0.3) is 0 Å². The van der Waals surface area contributed by atoms with Gasteiger partial charge in [0.05, 0.1) is 4.90 Å². The Labute approximate surface area is 98.8 Å². The smallest absolute Gasteiger partial charge is 0.324 e. The average molecular weight is 262 g/mol. The van der Waals surface area contributed by atoms with Gasteiger partial charge in [0, 0.05) is 35.8 Å². The summed E-state index contributed by atoms with van der Waals surface area (Å²) in [5, 5.41) is 0. The Bertz CT molecular complexity index is 474. The van der Waals surface area contributed by atoms with Crippen molar-refractivity contribution < 1.29 is 13.0 Å². The van der Waals surface area contributed by atoms with Gasteiger partial charge in [0.25, 0.3) is 0 Å². The van der Waals surface area contributed by atoms with Crippen LogP contribution in [-0.4, -0.2) is 26.6 Å². The first-order valence-electron chi connectivity index (χ1n) is 4.61. The predicted octanol–water partition coefficient (Wildman–Crippen LogP) is 1.62. The van der Waals surface area contributed by atoms with Gasteiger partial charge < -0.3 is 10.6 Å². The summed E-state index contributed by atoms with van der Waals surface area (Å²) < 4.78 is 30.3. The van der Waals surface area contributed by atoms with Crippen LogP contribution in [0.15, 0.2) is 23.1 Å². The lowest BCUT2D eigenvalue weighted by molar-refractivity contribution is 0.503. The molecule has 3 N–H and O–H groups in total. The number of nitrogens with two attached hydrogens (primary N) is 1. The topological polar surface area (TPSA) is 83.6 Å². The fourth-order valence-corrected chi connectivity index (χ4v) is 2.80. The molecule has 0 saturated carbocycles. The summed E-state index contributed by atoms with van der Waals surface area (Å²) in [6.07, 6.45) is 0. The lowest BCUT2D eigenvalue weighted by atomic mass is 10.2. The third-order valence-corrected chi connectivity index (χ3v) is 4.02. The molecule has 5 nitrogen and oxygen atoms in total. The molecular formula is C9H14N2O3S2. The van der Waals surface area contributed by atoms with Crippen molar-refractivity contribution in [3.63, 3.8) is 0 Å². The zero-order chi connectivity index (χ0) is 12.3. The lowest BCUT2D eigenvalue weighted by Gasteiger charge is -2.17. The molecule has 0 radical (unpaired) electrons. The number of nitrogens with zero attached hydrogens (tertiary/aromatic N) is 1. The van der Waals surface area contributed by atoms with Gasteiger partial charge in [-0.15, -0.1) is 0 Å². The van der Waals surface area contributed by atoms with Crippen molar-refractivity contribution in [2.24, 2.45) is 0 Å². The van der Waals surface area contributed by atoms with Crippen molar-refractivity contribution in [3.05, 3.63) is 18.2 Å². The van der Waals surface area contributed by atoms with Crippen molar-refractivity contribution in [3.8, 4) is 0 Å². The Morgan fingerprint density at radius 3 is 2.62 bits per heavy atom. The van der Waals surface area contributed by atoms with Crippen LogP contribution in [0.3, 0.4) is 0 Å². The standard InChI is InChI=1S/C9H14N2O3S2/c1-3-11(2)7-4-5-8(10)9(6-7)15-16(12,13)14/h4-6H,3,10H2,1-2H3,(H,12,13,14). The van der Waals surface area contributed by atoms with E-state index in [0.29, 0.717) is 21.4 Å². The molecule has 7 heteroatoms. The molecule has 0 unspecified atom stereocenters. The largest absolute Gasteiger partial charge is 0.398 e. The highest BCUT2D eigenvalue weighted by Gasteiger charge is 2.12. The Hall–Kier alpha value is -0.920. The molecule has 0 bridgehead atoms. The highest BCUT2D eigenvalue weighted by atomic mass is 33.1. The number of anilines is 2.